The lowest BCUT2D eigenvalue weighted by molar-refractivity contribution is 0.122. The van der Waals surface area contributed by atoms with Gasteiger partial charge in [-0.15, -0.1) is 0 Å². The topological polar surface area (TPSA) is 76.9 Å². The van der Waals surface area contributed by atoms with Gasteiger partial charge in [0.25, 0.3) is 5.56 Å². The Morgan fingerprint density at radius 1 is 0.889 bits per heavy atom. The van der Waals surface area contributed by atoms with E-state index in [0.29, 0.717) is 55.1 Å². The molecule has 5 rings (SSSR count). The average Bonchev–Trinajstić information content (AvgIpc) is 2.92. The Hall–Kier alpha value is -4.43. The molecule has 1 amide bonds. The third-order valence-corrected chi connectivity index (χ3v) is 5.99. The minimum atomic E-state index is -0.528. The smallest absolute Gasteiger partial charge is 0.410 e. The second-order valence-corrected chi connectivity index (χ2v) is 8.33. The molecule has 1 saturated heterocycles. The molecule has 2 heterocycles. The van der Waals surface area contributed by atoms with Crippen molar-refractivity contribution in [1.29, 1.82) is 0 Å². The quantitative estimate of drug-likeness (QED) is 0.413. The fourth-order valence-corrected chi connectivity index (χ4v) is 4.07. The van der Waals surface area contributed by atoms with E-state index in [1.54, 1.807) is 25.2 Å². The van der Waals surface area contributed by atoms with Crippen molar-refractivity contribution >= 4 is 23.3 Å². The molecule has 8 nitrogen and oxygen atoms in total. The Labute approximate surface area is 209 Å². The number of hydrogen-bond donors (Lipinski definition) is 0. The number of aromatic nitrogens is 2. The van der Waals surface area contributed by atoms with Crippen LogP contribution in [0.5, 0.6) is 5.75 Å². The summed E-state index contributed by atoms with van der Waals surface area (Å²) < 4.78 is 12.6. The molecule has 36 heavy (non-hydrogen) atoms. The van der Waals surface area contributed by atoms with Crippen LogP contribution in [0.15, 0.2) is 95.8 Å². The highest BCUT2D eigenvalue weighted by molar-refractivity contribution is 5.97. The van der Waals surface area contributed by atoms with E-state index in [9.17, 15) is 9.59 Å². The molecule has 0 unspecified atom stereocenters. The van der Waals surface area contributed by atoms with E-state index >= 15 is 0 Å². The van der Waals surface area contributed by atoms with Gasteiger partial charge in [0, 0.05) is 31.8 Å². The highest BCUT2D eigenvalue weighted by atomic mass is 16.6. The van der Waals surface area contributed by atoms with Crippen molar-refractivity contribution in [1.82, 2.24) is 9.55 Å². The van der Waals surface area contributed by atoms with Gasteiger partial charge in [0.1, 0.15) is 17.4 Å². The maximum atomic E-state index is 13.2. The molecule has 3 aromatic carbocycles. The van der Waals surface area contributed by atoms with Crippen molar-refractivity contribution < 1.29 is 14.3 Å². The summed E-state index contributed by atoms with van der Waals surface area (Å²) in [6.45, 7) is 2.59. The molecule has 0 aliphatic carbocycles. The number of amides is 1. The number of morpholine rings is 1. The largest absolute Gasteiger partial charge is 0.424 e. The molecule has 1 fully saturated rings. The van der Waals surface area contributed by atoms with Gasteiger partial charge in [0.15, 0.2) is 0 Å². The van der Waals surface area contributed by atoms with Crippen molar-refractivity contribution in [3.8, 4) is 17.1 Å². The summed E-state index contributed by atoms with van der Waals surface area (Å²) in [4.78, 5) is 34.3. The van der Waals surface area contributed by atoms with Crippen molar-refractivity contribution in [3.05, 3.63) is 101 Å². The Kier molecular flexibility index (Phi) is 6.77. The van der Waals surface area contributed by atoms with Crippen LogP contribution in [0, 0.1) is 0 Å². The van der Waals surface area contributed by atoms with E-state index in [0.717, 1.165) is 5.56 Å². The minimum Gasteiger partial charge on any atom is -0.410 e. The maximum absolute atomic E-state index is 13.2. The summed E-state index contributed by atoms with van der Waals surface area (Å²) in [5.74, 6) is 1.64. The van der Waals surface area contributed by atoms with E-state index in [1.807, 2.05) is 72.8 Å². The zero-order chi connectivity index (χ0) is 24.9. The molecule has 0 atom stereocenters. The molecule has 8 heteroatoms. The maximum Gasteiger partial charge on any atom is 0.424 e. The average molecular weight is 483 g/mol. The Morgan fingerprint density at radius 2 is 1.50 bits per heavy atom. The lowest BCUT2D eigenvalue weighted by Gasteiger charge is -2.28. The number of hydrogen-bond acceptors (Lipinski definition) is 6. The number of ether oxygens (including phenoxy) is 2. The molecule has 1 aromatic heterocycles. The minimum absolute atomic E-state index is 0.136. The summed E-state index contributed by atoms with van der Waals surface area (Å²) in [6, 6.07) is 27.2. The van der Waals surface area contributed by atoms with Gasteiger partial charge in [-0.1, -0.05) is 36.4 Å². The predicted octanol–water partition coefficient (Wildman–Crippen LogP) is 4.62. The van der Waals surface area contributed by atoms with Gasteiger partial charge in [-0.05, 0) is 48.5 Å². The van der Waals surface area contributed by atoms with E-state index in [-0.39, 0.29) is 5.56 Å². The lowest BCUT2D eigenvalue weighted by Crippen LogP contribution is -2.38. The summed E-state index contributed by atoms with van der Waals surface area (Å²) in [7, 11) is 1.70. The molecular formula is C28H26N4O4. The number of para-hydroxylation sites is 2. The number of benzene rings is 3. The Balaban J connectivity index is 1.48. The Bertz CT molecular complexity index is 1380. The SMILES string of the molecule is Cn1c(-c2ccc(N(C(=O)Oc3ccccc3)c3ccccc3)cc2)nc(N2CCOCC2)cc1=O. The molecule has 1 aliphatic heterocycles. The van der Waals surface area contributed by atoms with Gasteiger partial charge in [-0.2, -0.15) is 0 Å². The van der Waals surface area contributed by atoms with E-state index in [2.05, 4.69) is 4.90 Å². The second-order valence-electron chi connectivity index (χ2n) is 8.33. The van der Waals surface area contributed by atoms with Crippen molar-refractivity contribution in [2.45, 2.75) is 0 Å². The molecule has 0 spiro atoms. The van der Waals surface area contributed by atoms with Gasteiger partial charge in [-0.3, -0.25) is 9.36 Å². The molecular weight excluding hydrogens is 456 g/mol. The van der Waals surface area contributed by atoms with Crippen molar-refractivity contribution in [2.24, 2.45) is 7.05 Å². The molecule has 0 N–H and O–H groups in total. The summed E-state index contributed by atoms with van der Waals surface area (Å²) in [5.41, 5.74) is 1.92. The highest BCUT2D eigenvalue weighted by Gasteiger charge is 2.21. The predicted molar refractivity (Wildman–Crippen MR) is 139 cm³/mol. The number of rotatable bonds is 5. The normalized spacial score (nSPS) is 13.3. The highest BCUT2D eigenvalue weighted by Crippen LogP contribution is 2.29. The van der Waals surface area contributed by atoms with Gasteiger partial charge in [0.2, 0.25) is 0 Å². The van der Waals surface area contributed by atoms with Gasteiger partial charge < -0.3 is 14.4 Å². The van der Waals surface area contributed by atoms with Crippen LogP contribution >= 0.6 is 0 Å². The summed E-state index contributed by atoms with van der Waals surface area (Å²) in [5, 5.41) is 0. The van der Waals surface area contributed by atoms with Crippen LogP contribution < -0.4 is 20.1 Å². The van der Waals surface area contributed by atoms with Gasteiger partial charge in [0.05, 0.1) is 24.6 Å². The first-order valence-electron chi connectivity index (χ1n) is 11.7. The van der Waals surface area contributed by atoms with Crippen LogP contribution in [-0.2, 0) is 11.8 Å². The van der Waals surface area contributed by atoms with Crippen molar-refractivity contribution in [3.63, 3.8) is 0 Å². The van der Waals surface area contributed by atoms with Crippen LogP contribution in [0.2, 0.25) is 0 Å². The first kappa shape index (κ1) is 23.3. The van der Waals surface area contributed by atoms with Crippen LogP contribution in [-0.4, -0.2) is 41.9 Å². The molecule has 4 aromatic rings. The van der Waals surface area contributed by atoms with Crippen LogP contribution in [0.1, 0.15) is 0 Å². The second kappa shape index (κ2) is 10.5. The summed E-state index contributed by atoms with van der Waals surface area (Å²) in [6.07, 6.45) is -0.528. The fourth-order valence-electron chi connectivity index (χ4n) is 4.07. The Morgan fingerprint density at radius 3 is 2.17 bits per heavy atom. The van der Waals surface area contributed by atoms with E-state index in [1.165, 1.54) is 9.47 Å². The number of carbonyl (C=O) groups excluding carboxylic acids is 1. The third kappa shape index (κ3) is 4.99. The monoisotopic (exact) mass is 482 g/mol. The van der Waals surface area contributed by atoms with Gasteiger partial charge >= 0.3 is 6.09 Å². The fraction of sp³-hybridized carbons (Fsp3) is 0.179. The molecule has 0 saturated carbocycles. The number of nitrogens with zero attached hydrogens (tertiary/aromatic N) is 4. The van der Waals surface area contributed by atoms with E-state index < -0.39 is 6.09 Å². The third-order valence-electron chi connectivity index (χ3n) is 5.99. The van der Waals surface area contributed by atoms with Crippen LogP contribution in [0.4, 0.5) is 22.0 Å². The first-order valence-corrected chi connectivity index (χ1v) is 11.7. The van der Waals surface area contributed by atoms with Gasteiger partial charge in [-0.25, -0.2) is 14.7 Å². The van der Waals surface area contributed by atoms with E-state index in [4.69, 9.17) is 14.5 Å². The van der Waals surface area contributed by atoms with Crippen LogP contribution in [0.25, 0.3) is 11.4 Å². The first-order chi connectivity index (χ1) is 17.6. The molecule has 0 radical (unpaired) electrons. The zero-order valence-electron chi connectivity index (χ0n) is 19.9. The number of anilines is 3. The summed E-state index contributed by atoms with van der Waals surface area (Å²) >= 11 is 0. The molecule has 0 bridgehead atoms. The van der Waals surface area contributed by atoms with Crippen LogP contribution in [0.3, 0.4) is 0 Å². The molecule has 182 valence electrons. The van der Waals surface area contributed by atoms with Crippen molar-refractivity contribution in [2.75, 3.05) is 36.1 Å². The number of carbonyl (C=O) groups is 1. The molecule has 1 aliphatic rings. The zero-order valence-corrected chi connectivity index (χ0v) is 19.9. The lowest BCUT2D eigenvalue weighted by atomic mass is 10.1. The standard InChI is InChI=1S/C28H26N4O4/c1-30-26(33)20-25(31-16-18-35-19-17-31)29-27(30)21-12-14-23(15-13-21)32(22-8-4-2-5-9-22)28(34)36-24-10-6-3-7-11-24/h2-15,20H,16-19H2,1H3.